The van der Waals surface area contributed by atoms with Gasteiger partial charge in [-0.15, -0.1) is 0 Å². The van der Waals surface area contributed by atoms with Crippen molar-refractivity contribution in [3.63, 3.8) is 0 Å². The molecule has 29 heavy (non-hydrogen) atoms. The van der Waals surface area contributed by atoms with Crippen LogP contribution in [0.3, 0.4) is 0 Å². The average molecular weight is 419 g/mol. The standard InChI is InChI=1S/C20H26N4O4S/c1-12(2)10-21-15(25)11-29-17(22-14-8-6-7-13(3)9-14)16-18(26)23(4)20(28)24(5)19(16)27/h6-9,12,26H,10-11H2,1-5H3,(H,21,25). The van der Waals surface area contributed by atoms with E-state index in [9.17, 15) is 19.5 Å². The predicted molar refractivity (Wildman–Crippen MR) is 116 cm³/mol. The summed E-state index contributed by atoms with van der Waals surface area (Å²) < 4.78 is 1.88. The van der Waals surface area contributed by atoms with Gasteiger partial charge in [-0.2, -0.15) is 0 Å². The summed E-state index contributed by atoms with van der Waals surface area (Å²) in [6, 6.07) is 7.32. The molecule has 1 aromatic carbocycles. The second-order valence-electron chi connectivity index (χ2n) is 7.15. The summed E-state index contributed by atoms with van der Waals surface area (Å²) in [4.78, 5) is 41.4. The van der Waals surface area contributed by atoms with E-state index in [4.69, 9.17) is 0 Å². The van der Waals surface area contributed by atoms with E-state index in [1.807, 2.05) is 39.0 Å². The third-order valence-electron chi connectivity index (χ3n) is 4.13. The summed E-state index contributed by atoms with van der Waals surface area (Å²) in [5, 5.41) is 13.5. The molecule has 1 amide bonds. The largest absolute Gasteiger partial charge is 0.494 e. The maximum atomic E-state index is 12.7. The number of nitrogens with one attached hydrogen (secondary N) is 1. The van der Waals surface area contributed by atoms with Crippen LogP contribution in [0.25, 0.3) is 0 Å². The van der Waals surface area contributed by atoms with Crippen molar-refractivity contribution >= 4 is 28.4 Å². The number of benzene rings is 1. The highest BCUT2D eigenvalue weighted by Crippen LogP contribution is 2.23. The van der Waals surface area contributed by atoms with Crippen LogP contribution in [-0.2, 0) is 18.9 Å². The second-order valence-corrected chi connectivity index (χ2v) is 8.11. The summed E-state index contributed by atoms with van der Waals surface area (Å²) >= 11 is 1.04. The van der Waals surface area contributed by atoms with Gasteiger partial charge >= 0.3 is 5.69 Å². The number of aryl methyl sites for hydroxylation is 1. The van der Waals surface area contributed by atoms with Gasteiger partial charge in [-0.3, -0.25) is 18.7 Å². The number of nitrogens with zero attached hydrogens (tertiary/aromatic N) is 3. The minimum absolute atomic E-state index is 0.0167. The number of aromatic nitrogens is 2. The van der Waals surface area contributed by atoms with Crippen LogP contribution in [0.15, 0.2) is 38.8 Å². The van der Waals surface area contributed by atoms with Gasteiger partial charge in [0.2, 0.25) is 11.8 Å². The highest BCUT2D eigenvalue weighted by Gasteiger charge is 2.21. The van der Waals surface area contributed by atoms with Crippen LogP contribution >= 0.6 is 11.8 Å². The number of aromatic hydroxyl groups is 1. The first-order chi connectivity index (χ1) is 13.6. The Kier molecular flexibility index (Phi) is 7.44. The number of carbonyl (C=O) groups is 1. The Hall–Kier alpha value is -2.81. The molecule has 0 radical (unpaired) electrons. The zero-order valence-corrected chi connectivity index (χ0v) is 18.0. The molecule has 0 aliphatic carbocycles. The smallest absolute Gasteiger partial charge is 0.333 e. The Morgan fingerprint density at radius 3 is 2.55 bits per heavy atom. The number of hydrogen-bond acceptors (Lipinski definition) is 6. The van der Waals surface area contributed by atoms with Crippen molar-refractivity contribution < 1.29 is 9.90 Å². The maximum Gasteiger partial charge on any atom is 0.333 e. The topological polar surface area (TPSA) is 106 Å². The van der Waals surface area contributed by atoms with E-state index in [-0.39, 0.29) is 22.3 Å². The van der Waals surface area contributed by atoms with Crippen LogP contribution in [0.1, 0.15) is 25.0 Å². The molecule has 2 rings (SSSR count). The van der Waals surface area contributed by atoms with Gasteiger partial charge in [-0.05, 0) is 30.5 Å². The molecule has 0 saturated heterocycles. The van der Waals surface area contributed by atoms with Crippen molar-refractivity contribution in [2.75, 3.05) is 12.3 Å². The van der Waals surface area contributed by atoms with E-state index in [0.29, 0.717) is 18.2 Å². The molecular weight excluding hydrogens is 392 g/mol. The summed E-state index contributed by atoms with van der Waals surface area (Å²) in [6.07, 6.45) is 0. The fourth-order valence-corrected chi connectivity index (χ4v) is 3.36. The van der Waals surface area contributed by atoms with Crippen molar-refractivity contribution in [1.82, 2.24) is 14.5 Å². The lowest BCUT2D eigenvalue weighted by atomic mass is 10.2. The van der Waals surface area contributed by atoms with Crippen LogP contribution < -0.4 is 16.6 Å². The number of thioether (sulfide) groups is 1. The summed E-state index contributed by atoms with van der Waals surface area (Å²) in [5.74, 6) is -0.367. The highest BCUT2D eigenvalue weighted by atomic mass is 32.2. The lowest BCUT2D eigenvalue weighted by molar-refractivity contribution is -0.118. The van der Waals surface area contributed by atoms with Gasteiger partial charge in [-0.25, -0.2) is 9.79 Å². The third-order valence-corrected chi connectivity index (χ3v) is 5.10. The SMILES string of the molecule is Cc1cccc(N=C(SCC(=O)NCC(C)C)c2c(O)n(C)c(=O)n(C)c2=O)c1. The van der Waals surface area contributed by atoms with Crippen LogP contribution in [-0.4, -0.2) is 37.5 Å². The average Bonchev–Trinajstić information content (AvgIpc) is 2.67. The molecule has 156 valence electrons. The lowest BCUT2D eigenvalue weighted by Gasteiger charge is -2.13. The zero-order chi connectivity index (χ0) is 21.7. The maximum absolute atomic E-state index is 12.7. The van der Waals surface area contributed by atoms with Crippen LogP contribution in [0.2, 0.25) is 0 Å². The van der Waals surface area contributed by atoms with Crippen molar-refractivity contribution in [2.24, 2.45) is 25.0 Å². The van der Waals surface area contributed by atoms with Crippen molar-refractivity contribution in [3.8, 4) is 5.88 Å². The fraction of sp³-hybridized carbons (Fsp3) is 0.400. The first-order valence-corrected chi connectivity index (χ1v) is 10.1. The van der Waals surface area contributed by atoms with Crippen LogP contribution in [0, 0.1) is 12.8 Å². The van der Waals surface area contributed by atoms with Gasteiger partial charge < -0.3 is 10.4 Å². The molecule has 0 aliphatic heterocycles. The van der Waals surface area contributed by atoms with E-state index < -0.39 is 17.1 Å². The molecule has 1 aromatic heterocycles. The van der Waals surface area contributed by atoms with Crippen LogP contribution in [0.5, 0.6) is 5.88 Å². The highest BCUT2D eigenvalue weighted by molar-refractivity contribution is 8.15. The number of rotatable bonds is 6. The minimum atomic E-state index is -0.674. The van der Waals surface area contributed by atoms with Crippen LogP contribution in [0.4, 0.5) is 5.69 Å². The summed E-state index contributed by atoms with van der Waals surface area (Å²) in [7, 11) is 2.70. The monoisotopic (exact) mass is 418 g/mol. The molecule has 0 fully saturated rings. The van der Waals surface area contributed by atoms with E-state index in [1.165, 1.54) is 14.1 Å². The van der Waals surface area contributed by atoms with Gasteiger partial charge in [0.25, 0.3) is 5.56 Å². The normalized spacial score (nSPS) is 11.7. The molecule has 0 saturated carbocycles. The van der Waals surface area contributed by atoms with E-state index in [0.717, 1.165) is 26.5 Å². The van der Waals surface area contributed by atoms with Crippen molar-refractivity contribution in [3.05, 3.63) is 56.2 Å². The molecule has 0 aliphatic rings. The Morgan fingerprint density at radius 1 is 1.24 bits per heavy atom. The number of aliphatic imine (C=N–C) groups is 1. The predicted octanol–water partition coefficient (Wildman–Crippen LogP) is 1.68. The van der Waals surface area contributed by atoms with Gasteiger partial charge in [0, 0.05) is 20.6 Å². The molecule has 0 atom stereocenters. The Bertz CT molecular complexity index is 1050. The Labute approximate surface area is 173 Å². The quantitative estimate of drug-likeness (QED) is 0.548. The third kappa shape index (κ3) is 5.60. The van der Waals surface area contributed by atoms with Gasteiger partial charge in [0.05, 0.1) is 11.4 Å². The van der Waals surface area contributed by atoms with Crippen molar-refractivity contribution in [1.29, 1.82) is 0 Å². The van der Waals surface area contributed by atoms with Gasteiger partial charge in [-0.1, -0.05) is 37.7 Å². The molecule has 1 heterocycles. The molecule has 2 aromatic rings. The first-order valence-electron chi connectivity index (χ1n) is 9.16. The Balaban J connectivity index is 2.51. The molecule has 0 bridgehead atoms. The molecule has 9 heteroatoms. The van der Waals surface area contributed by atoms with Gasteiger partial charge in [0.1, 0.15) is 10.6 Å². The lowest BCUT2D eigenvalue weighted by Crippen LogP contribution is -2.40. The van der Waals surface area contributed by atoms with E-state index in [2.05, 4.69) is 10.3 Å². The molecule has 2 N–H and O–H groups in total. The summed E-state index contributed by atoms with van der Waals surface area (Å²) in [5.41, 5.74) is 0.115. The number of hydrogen-bond donors (Lipinski definition) is 2. The Morgan fingerprint density at radius 2 is 1.93 bits per heavy atom. The summed E-state index contributed by atoms with van der Waals surface area (Å²) in [6.45, 7) is 6.43. The fourth-order valence-electron chi connectivity index (χ4n) is 2.50. The number of amides is 1. The molecular formula is C20H26N4O4S. The molecule has 0 spiro atoms. The van der Waals surface area contributed by atoms with E-state index >= 15 is 0 Å². The van der Waals surface area contributed by atoms with E-state index in [1.54, 1.807) is 6.07 Å². The van der Waals surface area contributed by atoms with Crippen molar-refractivity contribution in [2.45, 2.75) is 20.8 Å². The molecule has 8 nitrogen and oxygen atoms in total. The molecule has 0 unspecified atom stereocenters. The zero-order valence-electron chi connectivity index (χ0n) is 17.2. The van der Waals surface area contributed by atoms with Gasteiger partial charge in [0.15, 0.2) is 0 Å². The minimum Gasteiger partial charge on any atom is -0.494 e. The first kappa shape index (κ1) is 22.5. The number of carbonyl (C=O) groups excluding carboxylic acids is 1. The second kappa shape index (κ2) is 9.60.